The molecule has 1 saturated heterocycles. The van der Waals surface area contributed by atoms with E-state index < -0.39 is 0 Å². The van der Waals surface area contributed by atoms with Crippen LogP contribution in [0.4, 0.5) is 0 Å². The van der Waals surface area contributed by atoms with Crippen molar-refractivity contribution in [3.05, 3.63) is 28.8 Å². The van der Waals surface area contributed by atoms with Crippen molar-refractivity contribution in [2.75, 3.05) is 26.7 Å². The van der Waals surface area contributed by atoms with E-state index in [1.807, 2.05) is 0 Å². The molecule has 1 atom stereocenters. The van der Waals surface area contributed by atoms with Gasteiger partial charge in [0.1, 0.15) is 5.75 Å². The van der Waals surface area contributed by atoms with E-state index in [0.29, 0.717) is 28.9 Å². The zero-order chi connectivity index (χ0) is 16.7. The zero-order valence-corrected chi connectivity index (χ0v) is 14.9. The number of likely N-dealkylation sites (tertiary alicyclic amines) is 1. The smallest absolute Gasteiger partial charge is 0.255 e. The number of nitrogens with zero attached hydrogens (tertiary/aromatic N) is 1. The predicted octanol–water partition coefficient (Wildman–Crippen LogP) is 3.73. The number of piperidine rings is 1. The molecule has 0 saturated carbocycles. The van der Waals surface area contributed by atoms with Crippen LogP contribution in [-0.4, -0.2) is 43.6 Å². The average molecular weight is 339 g/mol. The minimum Gasteiger partial charge on any atom is -0.496 e. The van der Waals surface area contributed by atoms with Gasteiger partial charge < -0.3 is 15.0 Å². The first-order chi connectivity index (χ1) is 11.2. The van der Waals surface area contributed by atoms with Gasteiger partial charge in [-0.2, -0.15) is 0 Å². The van der Waals surface area contributed by atoms with Crippen molar-refractivity contribution in [1.29, 1.82) is 0 Å². The molecule has 0 spiro atoms. The number of halogens is 1. The number of nitrogens with one attached hydrogen (secondary N) is 1. The Morgan fingerprint density at radius 2 is 2.26 bits per heavy atom. The monoisotopic (exact) mass is 338 g/mol. The van der Waals surface area contributed by atoms with Crippen molar-refractivity contribution in [3.63, 3.8) is 0 Å². The number of carbonyl (C=O) groups excluding carboxylic acids is 1. The van der Waals surface area contributed by atoms with Crippen LogP contribution in [0.1, 0.15) is 49.4 Å². The number of rotatable bonds is 7. The van der Waals surface area contributed by atoms with Crippen LogP contribution in [0.5, 0.6) is 5.75 Å². The largest absolute Gasteiger partial charge is 0.496 e. The molecule has 0 aromatic heterocycles. The van der Waals surface area contributed by atoms with E-state index in [1.54, 1.807) is 25.3 Å². The highest BCUT2D eigenvalue weighted by Crippen LogP contribution is 2.22. The Bertz CT molecular complexity index is 522. The van der Waals surface area contributed by atoms with Crippen LogP contribution in [0.2, 0.25) is 5.02 Å². The van der Waals surface area contributed by atoms with Gasteiger partial charge in [0, 0.05) is 24.2 Å². The lowest BCUT2D eigenvalue weighted by Gasteiger charge is -2.35. The fraction of sp³-hybridized carbons (Fsp3) is 0.611. The number of carbonyl (C=O) groups is 1. The summed E-state index contributed by atoms with van der Waals surface area (Å²) in [6, 6.07) is 5.80. The Kier molecular flexibility index (Phi) is 7.18. The molecule has 1 unspecified atom stereocenters. The summed E-state index contributed by atoms with van der Waals surface area (Å²) in [4.78, 5) is 14.8. The molecule has 1 aliphatic rings. The first-order valence-electron chi connectivity index (χ1n) is 8.51. The van der Waals surface area contributed by atoms with Crippen LogP contribution in [0.15, 0.2) is 18.2 Å². The lowest BCUT2D eigenvalue weighted by Crippen LogP contribution is -2.40. The molecule has 0 bridgehead atoms. The van der Waals surface area contributed by atoms with Gasteiger partial charge in [-0.25, -0.2) is 0 Å². The highest BCUT2D eigenvalue weighted by molar-refractivity contribution is 6.31. The molecule has 128 valence electrons. The lowest BCUT2D eigenvalue weighted by molar-refractivity contribution is 0.0944. The van der Waals surface area contributed by atoms with Gasteiger partial charge in [-0.05, 0) is 50.4 Å². The highest BCUT2D eigenvalue weighted by atomic mass is 35.5. The van der Waals surface area contributed by atoms with Crippen LogP contribution in [-0.2, 0) is 0 Å². The Morgan fingerprint density at radius 3 is 3.00 bits per heavy atom. The van der Waals surface area contributed by atoms with Crippen LogP contribution >= 0.6 is 11.6 Å². The molecule has 1 aliphatic heterocycles. The van der Waals surface area contributed by atoms with Gasteiger partial charge in [0.05, 0.1) is 12.7 Å². The Hall–Kier alpha value is -1.26. The molecule has 1 aromatic rings. The number of hydrogen-bond acceptors (Lipinski definition) is 3. The summed E-state index contributed by atoms with van der Waals surface area (Å²) in [6.07, 6.45) is 6.13. The fourth-order valence-electron chi connectivity index (χ4n) is 3.25. The van der Waals surface area contributed by atoms with Crippen molar-refractivity contribution in [3.8, 4) is 5.75 Å². The third-order valence-electron chi connectivity index (χ3n) is 4.53. The standard InChI is InChI=1S/C18H27ClN2O2/c1-3-15-7-4-5-11-21(15)12-6-10-20-18(22)16-13-14(19)8-9-17(16)23-2/h8-9,13,15H,3-7,10-12H2,1-2H3,(H,20,22). The molecule has 1 heterocycles. The lowest BCUT2D eigenvalue weighted by atomic mass is 10.00. The molecule has 1 aromatic carbocycles. The normalized spacial score (nSPS) is 18.7. The second-order valence-corrected chi connectivity index (χ2v) is 6.48. The van der Waals surface area contributed by atoms with Gasteiger partial charge in [-0.1, -0.05) is 24.9 Å². The third-order valence-corrected chi connectivity index (χ3v) is 4.77. The number of methoxy groups -OCH3 is 1. The topological polar surface area (TPSA) is 41.6 Å². The molecule has 1 N–H and O–H groups in total. The summed E-state index contributed by atoms with van der Waals surface area (Å²) in [5.41, 5.74) is 0.490. The third kappa shape index (κ3) is 5.11. The maximum atomic E-state index is 12.3. The molecule has 1 fully saturated rings. The minimum atomic E-state index is -0.130. The van der Waals surface area contributed by atoms with E-state index in [-0.39, 0.29) is 5.91 Å². The highest BCUT2D eigenvalue weighted by Gasteiger charge is 2.20. The van der Waals surface area contributed by atoms with E-state index in [1.165, 1.54) is 32.2 Å². The predicted molar refractivity (Wildman–Crippen MR) is 94.5 cm³/mol. The second-order valence-electron chi connectivity index (χ2n) is 6.05. The molecule has 4 nitrogen and oxygen atoms in total. The van der Waals surface area contributed by atoms with Crippen LogP contribution in [0.3, 0.4) is 0 Å². The van der Waals surface area contributed by atoms with E-state index in [9.17, 15) is 4.79 Å². The van der Waals surface area contributed by atoms with Crippen molar-refractivity contribution in [1.82, 2.24) is 10.2 Å². The zero-order valence-electron chi connectivity index (χ0n) is 14.1. The summed E-state index contributed by atoms with van der Waals surface area (Å²) >= 11 is 5.97. The van der Waals surface area contributed by atoms with E-state index >= 15 is 0 Å². The van der Waals surface area contributed by atoms with Gasteiger partial charge in [0.2, 0.25) is 0 Å². The Labute approximate surface area is 144 Å². The Balaban J connectivity index is 1.80. The number of amides is 1. The minimum absolute atomic E-state index is 0.130. The van der Waals surface area contributed by atoms with Crippen molar-refractivity contribution in [2.24, 2.45) is 0 Å². The van der Waals surface area contributed by atoms with Crippen molar-refractivity contribution >= 4 is 17.5 Å². The first kappa shape index (κ1) is 18.1. The second kappa shape index (κ2) is 9.14. The molecule has 1 amide bonds. The van der Waals surface area contributed by atoms with E-state index in [2.05, 4.69) is 17.1 Å². The van der Waals surface area contributed by atoms with Gasteiger partial charge in [0.15, 0.2) is 0 Å². The number of benzene rings is 1. The van der Waals surface area contributed by atoms with E-state index in [0.717, 1.165) is 13.0 Å². The summed E-state index contributed by atoms with van der Waals surface area (Å²) in [7, 11) is 1.56. The van der Waals surface area contributed by atoms with Crippen LogP contribution in [0, 0.1) is 0 Å². The van der Waals surface area contributed by atoms with Crippen LogP contribution < -0.4 is 10.1 Å². The molecule has 23 heavy (non-hydrogen) atoms. The quantitative estimate of drug-likeness (QED) is 0.770. The average Bonchev–Trinajstić information content (AvgIpc) is 2.58. The number of ether oxygens (including phenoxy) is 1. The summed E-state index contributed by atoms with van der Waals surface area (Å²) < 4.78 is 5.22. The van der Waals surface area contributed by atoms with E-state index in [4.69, 9.17) is 16.3 Å². The molecular weight excluding hydrogens is 312 g/mol. The molecular formula is C18H27ClN2O2. The molecule has 0 aliphatic carbocycles. The van der Waals surface area contributed by atoms with Gasteiger partial charge >= 0.3 is 0 Å². The fourth-order valence-corrected chi connectivity index (χ4v) is 3.43. The maximum Gasteiger partial charge on any atom is 0.255 e. The summed E-state index contributed by atoms with van der Waals surface area (Å²) in [6.45, 7) is 5.16. The number of hydrogen-bond donors (Lipinski definition) is 1. The van der Waals surface area contributed by atoms with Gasteiger partial charge in [-0.3, -0.25) is 4.79 Å². The van der Waals surface area contributed by atoms with Gasteiger partial charge in [-0.15, -0.1) is 0 Å². The summed E-state index contributed by atoms with van der Waals surface area (Å²) in [5.74, 6) is 0.420. The van der Waals surface area contributed by atoms with Crippen LogP contribution in [0.25, 0.3) is 0 Å². The summed E-state index contributed by atoms with van der Waals surface area (Å²) in [5, 5.41) is 3.51. The van der Waals surface area contributed by atoms with Crippen molar-refractivity contribution in [2.45, 2.75) is 45.1 Å². The maximum absolute atomic E-state index is 12.3. The SMILES string of the molecule is CCC1CCCCN1CCCNC(=O)c1cc(Cl)ccc1OC. The van der Waals surface area contributed by atoms with Gasteiger partial charge in [0.25, 0.3) is 5.91 Å². The molecule has 5 heteroatoms. The Morgan fingerprint density at radius 1 is 1.43 bits per heavy atom. The van der Waals surface area contributed by atoms with Crippen molar-refractivity contribution < 1.29 is 9.53 Å². The molecule has 0 radical (unpaired) electrons. The molecule has 2 rings (SSSR count). The first-order valence-corrected chi connectivity index (χ1v) is 8.89.